The summed E-state index contributed by atoms with van der Waals surface area (Å²) in [5, 5.41) is 0. The Balaban J connectivity index is 2.62. The van der Waals surface area contributed by atoms with Crippen LogP contribution >= 0.6 is 0 Å². The van der Waals surface area contributed by atoms with Gasteiger partial charge in [0.15, 0.2) is 0 Å². The Labute approximate surface area is 73.6 Å². The van der Waals surface area contributed by atoms with Crippen LogP contribution < -0.4 is 0 Å². The van der Waals surface area contributed by atoms with Crippen molar-refractivity contribution in [2.75, 3.05) is 7.11 Å². The second kappa shape index (κ2) is 3.30. The van der Waals surface area contributed by atoms with E-state index >= 15 is 0 Å². The molecule has 0 spiro atoms. The van der Waals surface area contributed by atoms with Crippen molar-refractivity contribution in [1.29, 1.82) is 0 Å². The molecule has 0 atom stereocenters. The van der Waals surface area contributed by atoms with E-state index in [1.165, 1.54) is 7.11 Å². The third kappa shape index (κ3) is 1.38. The Morgan fingerprint density at radius 3 is 2.67 bits per heavy atom. The average molecular weight is 168 g/mol. The van der Waals surface area contributed by atoms with Gasteiger partial charge in [0.25, 0.3) is 0 Å². The zero-order valence-electron chi connectivity index (χ0n) is 7.80. The van der Waals surface area contributed by atoms with E-state index in [1.807, 2.05) is 6.08 Å². The van der Waals surface area contributed by atoms with Crippen molar-refractivity contribution in [3.63, 3.8) is 0 Å². The molecule has 1 aliphatic carbocycles. The predicted molar refractivity (Wildman–Crippen MR) is 47.7 cm³/mol. The van der Waals surface area contributed by atoms with Gasteiger partial charge >= 0.3 is 5.97 Å². The maximum atomic E-state index is 11.4. The summed E-state index contributed by atoms with van der Waals surface area (Å²) < 4.78 is 4.77. The van der Waals surface area contributed by atoms with Gasteiger partial charge in [-0.2, -0.15) is 0 Å². The van der Waals surface area contributed by atoms with Crippen LogP contribution in [0.15, 0.2) is 12.7 Å². The van der Waals surface area contributed by atoms with E-state index in [1.54, 1.807) is 0 Å². The minimum absolute atomic E-state index is 0.0690. The van der Waals surface area contributed by atoms with Crippen LogP contribution in [-0.2, 0) is 9.53 Å². The molecule has 0 heterocycles. The standard InChI is InChI=1S/C10H16O2/c1-4-5-10(9(11)12-3)6-8(2)7-10/h4,8H,1,5-7H2,2-3H3/t8-,10+. The molecule has 2 nitrogen and oxygen atoms in total. The van der Waals surface area contributed by atoms with E-state index in [4.69, 9.17) is 4.74 Å². The molecule has 1 saturated carbocycles. The lowest BCUT2D eigenvalue weighted by Gasteiger charge is -2.43. The summed E-state index contributed by atoms with van der Waals surface area (Å²) in [6.07, 6.45) is 4.46. The molecule has 0 aromatic carbocycles. The number of esters is 1. The molecule has 0 amide bonds. The maximum absolute atomic E-state index is 11.4. The highest BCUT2D eigenvalue weighted by Gasteiger charge is 2.48. The van der Waals surface area contributed by atoms with Gasteiger partial charge in [0.1, 0.15) is 0 Å². The zero-order valence-corrected chi connectivity index (χ0v) is 7.80. The van der Waals surface area contributed by atoms with E-state index in [2.05, 4.69) is 13.5 Å². The summed E-state index contributed by atoms with van der Waals surface area (Å²) in [6.45, 7) is 5.82. The number of carbonyl (C=O) groups excluding carboxylic acids is 1. The van der Waals surface area contributed by atoms with Crippen LogP contribution in [0.2, 0.25) is 0 Å². The lowest BCUT2D eigenvalue weighted by molar-refractivity contribution is -0.161. The molecule has 0 N–H and O–H groups in total. The van der Waals surface area contributed by atoms with Crippen molar-refractivity contribution >= 4 is 5.97 Å². The van der Waals surface area contributed by atoms with Crippen LogP contribution in [0.5, 0.6) is 0 Å². The Morgan fingerprint density at radius 1 is 1.75 bits per heavy atom. The predicted octanol–water partition coefficient (Wildman–Crippen LogP) is 2.15. The first-order valence-electron chi connectivity index (χ1n) is 4.34. The Bertz CT molecular complexity index is 190. The topological polar surface area (TPSA) is 26.3 Å². The van der Waals surface area contributed by atoms with Crippen LogP contribution in [0.25, 0.3) is 0 Å². The third-order valence-corrected chi connectivity index (χ3v) is 2.63. The van der Waals surface area contributed by atoms with Gasteiger partial charge in [-0.15, -0.1) is 6.58 Å². The second-order valence-electron chi connectivity index (χ2n) is 3.78. The normalized spacial score (nSPS) is 33.7. The number of hydrogen-bond acceptors (Lipinski definition) is 2. The molecule has 0 radical (unpaired) electrons. The number of carbonyl (C=O) groups is 1. The number of ether oxygens (including phenoxy) is 1. The SMILES string of the molecule is C=CC[C@]1(C(=O)OC)C[C@@H](C)C1. The van der Waals surface area contributed by atoms with E-state index < -0.39 is 0 Å². The Kier molecular flexibility index (Phi) is 2.55. The number of methoxy groups -OCH3 is 1. The van der Waals surface area contributed by atoms with Crippen molar-refractivity contribution in [3.05, 3.63) is 12.7 Å². The highest BCUT2D eigenvalue weighted by atomic mass is 16.5. The minimum atomic E-state index is -0.226. The van der Waals surface area contributed by atoms with E-state index in [-0.39, 0.29) is 11.4 Å². The van der Waals surface area contributed by atoms with Gasteiger partial charge in [0.05, 0.1) is 12.5 Å². The van der Waals surface area contributed by atoms with E-state index in [9.17, 15) is 4.79 Å². The van der Waals surface area contributed by atoms with Crippen molar-refractivity contribution in [2.45, 2.75) is 26.2 Å². The first-order chi connectivity index (χ1) is 5.64. The van der Waals surface area contributed by atoms with Gasteiger partial charge in [0, 0.05) is 0 Å². The first kappa shape index (κ1) is 9.30. The summed E-state index contributed by atoms with van der Waals surface area (Å²) >= 11 is 0. The highest BCUT2D eigenvalue weighted by molar-refractivity contribution is 5.78. The summed E-state index contributed by atoms with van der Waals surface area (Å²) in [5.41, 5.74) is -0.226. The van der Waals surface area contributed by atoms with Crippen molar-refractivity contribution in [2.24, 2.45) is 11.3 Å². The van der Waals surface area contributed by atoms with Gasteiger partial charge in [-0.05, 0) is 25.2 Å². The van der Waals surface area contributed by atoms with Crippen LogP contribution in [-0.4, -0.2) is 13.1 Å². The number of rotatable bonds is 3. The average Bonchev–Trinajstić information content (AvgIpc) is 2.00. The van der Waals surface area contributed by atoms with Gasteiger partial charge < -0.3 is 4.74 Å². The largest absolute Gasteiger partial charge is 0.469 e. The fourth-order valence-corrected chi connectivity index (χ4v) is 2.18. The summed E-state index contributed by atoms with van der Waals surface area (Å²) in [5.74, 6) is 0.588. The summed E-state index contributed by atoms with van der Waals surface area (Å²) in [4.78, 5) is 11.4. The fraction of sp³-hybridized carbons (Fsp3) is 0.700. The molecule has 0 saturated heterocycles. The lowest BCUT2D eigenvalue weighted by atomic mass is 9.61. The Hall–Kier alpha value is -0.790. The van der Waals surface area contributed by atoms with Crippen molar-refractivity contribution in [3.8, 4) is 0 Å². The van der Waals surface area contributed by atoms with Gasteiger partial charge in [0.2, 0.25) is 0 Å². The third-order valence-electron chi connectivity index (χ3n) is 2.63. The second-order valence-corrected chi connectivity index (χ2v) is 3.78. The molecule has 1 rings (SSSR count). The van der Waals surface area contributed by atoms with Crippen molar-refractivity contribution < 1.29 is 9.53 Å². The van der Waals surface area contributed by atoms with E-state index in [0.29, 0.717) is 5.92 Å². The molecule has 0 aliphatic heterocycles. The number of allylic oxidation sites excluding steroid dienone is 1. The molecule has 0 aromatic heterocycles. The number of hydrogen-bond donors (Lipinski definition) is 0. The molecule has 0 aromatic rings. The van der Waals surface area contributed by atoms with Gasteiger partial charge in [-0.3, -0.25) is 4.79 Å². The molecule has 0 unspecified atom stereocenters. The van der Waals surface area contributed by atoms with Gasteiger partial charge in [-0.1, -0.05) is 13.0 Å². The maximum Gasteiger partial charge on any atom is 0.312 e. The highest BCUT2D eigenvalue weighted by Crippen LogP contribution is 2.49. The van der Waals surface area contributed by atoms with E-state index in [0.717, 1.165) is 19.3 Å². The monoisotopic (exact) mass is 168 g/mol. The molecular weight excluding hydrogens is 152 g/mol. The smallest absolute Gasteiger partial charge is 0.312 e. The fourth-order valence-electron chi connectivity index (χ4n) is 2.18. The Morgan fingerprint density at radius 2 is 2.33 bits per heavy atom. The molecule has 68 valence electrons. The summed E-state index contributed by atoms with van der Waals surface area (Å²) in [7, 11) is 1.45. The lowest BCUT2D eigenvalue weighted by Crippen LogP contribution is -2.43. The van der Waals surface area contributed by atoms with Crippen LogP contribution in [0, 0.1) is 11.3 Å². The zero-order chi connectivity index (χ0) is 9.19. The molecule has 1 fully saturated rings. The minimum Gasteiger partial charge on any atom is -0.469 e. The van der Waals surface area contributed by atoms with Crippen molar-refractivity contribution in [1.82, 2.24) is 0 Å². The first-order valence-corrected chi connectivity index (χ1v) is 4.34. The molecule has 1 aliphatic rings. The molecule has 2 heteroatoms. The molecular formula is C10H16O2. The van der Waals surface area contributed by atoms with Crippen LogP contribution in [0.1, 0.15) is 26.2 Å². The molecule has 0 bridgehead atoms. The quantitative estimate of drug-likeness (QED) is 0.477. The summed E-state index contributed by atoms with van der Waals surface area (Å²) in [6, 6.07) is 0. The van der Waals surface area contributed by atoms with Gasteiger partial charge in [-0.25, -0.2) is 0 Å². The van der Waals surface area contributed by atoms with Crippen LogP contribution in [0.4, 0.5) is 0 Å². The van der Waals surface area contributed by atoms with Crippen LogP contribution in [0.3, 0.4) is 0 Å². The molecule has 12 heavy (non-hydrogen) atoms.